The number of carbonyl (C=O) groups is 1. The standard InChI is InChI=1S/C14H21NO3/c16-13(11-12-3-1-2-4-12)15-7-5-14(6-8-15)17-9-10-18-14/h1,3,12H,2,4-11H2. The summed E-state index contributed by atoms with van der Waals surface area (Å²) in [6, 6.07) is 0. The zero-order valence-corrected chi connectivity index (χ0v) is 10.8. The van der Waals surface area contributed by atoms with Crippen LogP contribution in [-0.2, 0) is 14.3 Å². The molecular formula is C14H21NO3. The summed E-state index contributed by atoms with van der Waals surface area (Å²) in [6.07, 6.45) is 8.94. The van der Waals surface area contributed by atoms with E-state index in [1.807, 2.05) is 4.90 Å². The highest BCUT2D eigenvalue weighted by molar-refractivity contribution is 5.76. The number of ether oxygens (including phenoxy) is 2. The number of hydrogen-bond acceptors (Lipinski definition) is 3. The van der Waals surface area contributed by atoms with Crippen LogP contribution in [0.2, 0.25) is 0 Å². The van der Waals surface area contributed by atoms with E-state index in [1.54, 1.807) is 0 Å². The Labute approximate surface area is 108 Å². The zero-order valence-electron chi connectivity index (χ0n) is 10.8. The van der Waals surface area contributed by atoms with E-state index in [9.17, 15) is 4.79 Å². The van der Waals surface area contributed by atoms with Gasteiger partial charge in [-0.2, -0.15) is 0 Å². The van der Waals surface area contributed by atoms with Crippen LogP contribution >= 0.6 is 0 Å². The first-order valence-corrected chi connectivity index (χ1v) is 7.00. The number of nitrogens with zero attached hydrogens (tertiary/aromatic N) is 1. The van der Waals surface area contributed by atoms with E-state index in [2.05, 4.69) is 12.2 Å². The van der Waals surface area contributed by atoms with Crippen molar-refractivity contribution in [3.8, 4) is 0 Å². The van der Waals surface area contributed by atoms with Crippen molar-refractivity contribution in [3.05, 3.63) is 12.2 Å². The molecule has 4 nitrogen and oxygen atoms in total. The molecule has 3 rings (SSSR count). The molecule has 2 aliphatic heterocycles. The molecule has 2 saturated heterocycles. The number of likely N-dealkylation sites (tertiary alicyclic amines) is 1. The van der Waals surface area contributed by atoms with Gasteiger partial charge in [0.1, 0.15) is 0 Å². The fourth-order valence-electron chi connectivity index (χ4n) is 3.10. The third-order valence-corrected chi connectivity index (χ3v) is 4.24. The molecule has 2 fully saturated rings. The molecular weight excluding hydrogens is 230 g/mol. The molecule has 1 spiro atoms. The minimum atomic E-state index is -0.371. The maximum Gasteiger partial charge on any atom is 0.223 e. The molecule has 18 heavy (non-hydrogen) atoms. The monoisotopic (exact) mass is 251 g/mol. The largest absolute Gasteiger partial charge is 0.347 e. The number of hydrogen-bond donors (Lipinski definition) is 0. The summed E-state index contributed by atoms with van der Waals surface area (Å²) in [7, 11) is 0. The van der Waals surface area contributed by atoms with Gasteiger partial charge in [-0.25, -0.2) is 0 Å². The van der Waals surface area contributed by atoms with Gasteiger partial charge in [-0.15, -0.1) is 0 Å². The molecule has 0 bridgehead atoms. The van der Waals surface area contributed by atoms with Crippen molar-refractivity contribution < 1.29 is 14.3 Å². The molecule has 100 valence electrons. The summed E-state index contributed by atoms with van der Waals surface area (Å²) in [6.45, 7) is 2.94. The summed E-state index contributed by atoms with van der Waals surface area (Å²) in [5, 5.41) is 0. The zero-order chi connectivity index (χ0) is 12.4. The molecule has 1 unspecified atom stereocenters. The Hall–Kier alpha value is -0.870. The van der Waals surface area contributed by atoms with E-state index < -0.39 is 0 Å². The minimum Gasteiger partial charge on any atom is -0.347 e. The molecule has 0 N–H and O–H groups in total. The van der Waals surface area contributed by atoms with Crippen LogP contribution in [0.5, 0.6) is 0 Å². The third kappa shape index (κ3) is 2.45. The van der Waals surface area contributed by atoms with Crippen molar-refractivity contribution in [2.45, 2.75) is 37.9 Å². The second-order valence-corrected chi connectivity index (χ2v) is 5.46. The Morgan fingerprint density at radius 1 is 1.28 bits per heavy atom. The number of piperidine rings is 1. The van der Waals surface area contributed by atoms with Crippen molar-refractivity contribution in [1.82, 2.24) is 4.90 Å². The number of allylic oxidation sites excluding steroid dienone is 2. The van der Waals surface area contributed by atoms with Crippen LogP contribution in [0, 0.1) is 5.92 Å². The predicted octanol–water partition coefficient (Wildman–Crippen LogP) is 1.71. The fraction of sp³-hybridized carbons (Fsp3) is 0.786. The first-order chi connectivity index (χ1) is 8.77. The average Bonchev–Trinajstić information content (AvgIpc) is 3.03. The Kier molecular flexibility index (Phi) is 3.39. The molecule has 0 aromatic heterocycles. The first-order valence-electron chi connectivity index (χ1n) is 7.00. The average molecular weight is 251 g/mol. The normalized spacial score (nSPS) is 30.2. The summed E-state index contributed by atoms with van der Waals surface area (Å²) in [5.74, 6) is 0.385. The van der Waals surface area contributed by atoms with E-state index in [0.717, 1.165) is 38.8 Å². The van der Waals surface area contributed by atoms with Gasteiger partial charge in [0.05, 0.1) is 13.2 Å². The van der Waals surface area contributed by atoms with Crippen LogP contribution < -0.4 is 0 Å². The van der Waals surface area contributed by atoms with Crippen LogP contribution in [-0.4, -0.2) is 42.9 Å². The molecule has 0 saturated carbocycles. The van der Waals surface area contributed by atoms with Gasteiger partial charge >= 0.3 is 0 Å². The number of rotatable bonds is 2. The number of carbonyl (C=O) groups excluding carboxylic acids is 1. The summed E-state index contributed by atoms with van der Waals surface area (Å²) in [5.41, 5.74) is 0. The maximum atomic E-state index is 12.2. The fourth-order valence-corrected chi connectivity index (χ4v) is 3.10. The van der Waals surface area contributed by atoms with Crippen molar-refractivity contribution in [2.24, 2.45) is 5.92 Å². The van der Waals surface area contributed by atoms with Crippen LogP contribution in [0.1, 0.15) is 32.1 Å². The Morgan fingerprint density at radius 3 is 2.61 bits per heavy atom. The molecule has 1 amide bonds. The van der Waals surface area contributed by atoms with Crippen LogP contribution in [0.3, 0.4) is 0 Å². The molecule has 1 aliphatic carbocycles. The molecule has 2 heterocycles. The van der Waals surface area contributed by atoms with E-state index >= 15 is 0 Å². The lowest BCUT2D eigenvalue weighted by molar-refractivity contribution is -0.187. The van der Waals surface area contributed by atoms with Crippen molar-refractivity contribution in [1.29, 1.82) is 0 Å². The van der Waals surface area contributed by atoms with Gasteiger partial charge in [0.15, 0.2) is 5.79 Å². The SMILES string of the molecule is O=C(CC1C=CCC1)N1CCC2(CC1)OCCO2. The van der Waals surface area contributed by atoms with Gasteiger partial charge < -0.3 is 14.4 Å². The van der Waals surface area contributed by atoms with Crippen LogP contribution in [0.4, 0.5) is 0 Å². The lowest BCUT2D eigenvalue weighted by Gasteiger charge is -2.37. The van der Waals surface area contributed by atoms with E-state index in [-0.39, 0.29) is 5.79 Å². The predicted molar refractivity (Wildman–Crippen MR) is 66.9 cm³/mol. The van der Waals surface area contributed by atoms with E-state index in [0.29, 0.717) is 31.5 Å². The first kappa shape index (κ1) is 12.2. The van der Waals surface area contributed by atoms with Gasteiger partial charge in [0, 0.05) is 32.4 Å². The lowest BCUT2D eigenvalue weighted by Crippen LogP contribution is -2.47. The van der Waals surface area contributed by atoms with Gasteiger partial charge in [0.2, 0.25) is 5.91 Å². The lowest BCUT2D eigenvalue weighted by atomic mass is 10.0. The number of amides is 1. The molecule has 4 heteroatoms. The molecule has 0 radical (unpaired) electrons. The van der Waals surface area contributed by atoms with E-state index in [1.165, 1.54) is 0 Å². The topological polar surface area (TPSA) is 38.8 Å². The molecule has 3 aliphatic rings. The molecule has 1 atom stereocenters. The van der Waals surface area contributed by atoms with Gasteiger partial charge in [-0.05, 0) is 18.8 Å². The second kappa shape index (κ2) is 5.02. The highest BCUT2D eigenvalue weighted by Crippen LogP contribution is 2.32. The second-order valence-electron chi connectivity index (χ2n) is 5.46. The smallest absolute Gasteiger partial charge is 0.223 e. The highest BCUT2D eigenvalue weighted by Gasteiger charge is 2.40. The van der Waals surface area contributed by atoms with Crippen LogP contribution in [0.15, 0.2) is 12.2 Å². The van der Waals surface area contributed by atoms with E-state index in [4.69, 9.17) is 9.47 Å². The molecule has 0 aromatic carbocycles. The quantitative estimate of drug-likeness (QED) is 0.701. The molecule has 0 aromatic rings. The Balaban J connectivity index is 1.49. The van der Waals surface area contributed by atoms with Crippen molar-refractivity contribution in [3.63, 3.8) is 0 Å². The van der Waals surface area contributed by atoms with Gasteiger partial charge in [-0.1, -0.05) is 12.2 Å². The third-order valence-electron chi connectivity index (χ3n) is 4.24. The summed E-state index contributed by atoms with van der Waals surface area (Å²) in [4.78, 5) is 14.1. The van der Waals surface area contributed by atoms with Crippen LogP contribution in [0.25, 0.3) is 0 Å². The Morgan fingerprint density at radius 2 is 2.00 bits per heavy atom. The maximum absolute atomic E-state index is 12.2. The minimum absolute atomic E-state index is 0.291. The van der Waals surface area contributed by atoms with Gasteiger partial charge in [0.25, 0.3) is 0 Å². The van der Waals surface area contributed by atoms with Gasteiger partial charge in [-0.3, -0.25) is 4.79 Å². The Bertz CT molecular complexity index is 337. The van der Waals surface area contributed by atoms with Crippen molar-refractivity contribution in [2.75, 3.05) is 26.3 Å². The summed E-state index contributed by atoms with van der Waals surface area (Å²) < 4.78 is 11.3. The highest BCUT2D eigenvalue weighted by atomic mass is 16.7. The van der Waals surface area contributed by atoms with Crippen molar-refractivity contribution >= 4 is 5.91 Å². The summed E-state index contributed by atoms with van der Waals surface area (Å²) >= 11 is 0.